The number of nitrogens with one attached hydrogen (secondary N) is 1. The standard InChI is InChI=1S/C21H23N5O3/c1-24-18-15(20(28)25(2)21(24)29)9-10-17(22-18)19(27)23-16-8-4-3-7-14(16)13-26-11-5-6-12-26/h3-4,7-10H,5-6,11-13H2,1-2H3,(H,23,27). The van der Waals surface area contributed by atoms with Crippen LogP contribution in [-0.2, 0) is 20.6 Å². The molecule has 1 amide bonds. The molecule has 0 unspecified atom stereocenters. The van der Waals surface area contributed by atoms with Crippen molar-refractivity contribution in [2.24, 2.45) is 14.1 Å². The number of nitrogens with zero attached hydrogens (tertiary/aromatic N) is 4. The third-order valence-electron chi connectivity index (χ3n) is 5.39. The molecule has 150 valence electrons. The van der Waals surface area contributed by atoms with Crippen molar-refractivity contribution in [3.05, 3.63) is 68.5 Å². The fraction of sp³-hybridized carbons (Fsp3) is 0.333. The van der Waals surface area contributed by atoms with Gasteiger partial charge in [0.15, 0.2) is 0 Å². The topological polar surface area (TPSA) is 89.2 Å². The number of anilines is 1. The Bertz CT molecular complexity index is 1210. The molecule has 0 saturated carbocycles. The average molecular weight is 393 g/mol. The Morgan fingerprint density at radius 1 is 1.03 bits per heavy atom. The predicted octanol–water partition coefficient (Wildman–Crippen LogP) is 1.48. The van der Waals surface area contributed by atoms with Crippen LogP contribution in [0.1, 0.15) is 28.9 Å². The van der Waals surface area contributed by atoms with Crippen LogP contribution in [0, 0.1) is 0 Å². The van der Waals surface area contributed by atoms with Gasteiger partial charge in [0, 0.05) is 26.3 Å². The van der Waals surface area contributed by atoms with Crippen LogP contribution in [0.25, 0.3) is 11.0 Å². The smallest absolute Gasteiger partial charge is 0.320 e. The zero-order valence-corrected chi connectivity index (χ0v) is 16.5. The second-order valence-corrected chi connectivity index (χ2v) is 7.37. The lowest BCUT2D eigenvalue weighted by molar-refractivity contribution is 0.102. The van der Waals surface area contributed by atoms with Crippen molar-refractivity contribution < 1.29 is 4.79 Å². The molecule has 1 saturated heterocycles. The number of pyridine rings is 1. The van der Waals surface area contributed by atoms with E-state index >= 15 is 0 Å². The number of carbonyl (C=O) groups is 1. The van der Waals surface area contributed by atoms with Gasteiger partial charge in [0.1, 0.15) is 11.3 Å². The molecule has 0 atom stereocenters. The number of carbonyl (C=O) groups excluding carboxylic acids is 1. The first-order chi connectivity index (χ1) is 14.0. The number of aryl methyl sites for hydroxylation is 1. The molecule has 0 aliphatic carbocycles. The highest BCUT2D eigenvalue weighted by Crippen LogP contribution is 2.20. The summed E-state index contributed by atoms with van der Waals surface area (Å²) in [5.74, 6) is -0.381. The van der Waals surface area contributed by atoms with Crippen molar-refractivity contribution in [3.63, 3.8) is 0 Å². The van der Waals surface area contributed by atoms with Gasteiger partial charge in [0.05, 0.1) is 5.39 Å². The molecular formula is C21H23N5O3. The van der Waals surface area contributed by atoms with Gasteiger partial charge in [-0.05, 0) is 49.7 Å². The highest BCUT2D eigenvalue weighted by molar-refractivity contribution is 6.04. The molecule has 8 nitrogen and oxygen atoms in total. The van der Waals surface area contributed by atoms with Crippen molar-refractivity contribution in [1.82, 2.24) is 19.0 Å². The molecule has 8 heteroatoms. The second-order valence-electron chi connectivity index (χ2n) is 7.37. The molecule has 0 spiro atoms. The molecule has 2 aromatic heterocycles. The zero-order chi connectivity index (χ0) is 20.5. The summed E-state index contributed by atoms with van der Waals surface area (Å²) in [4.78, 5) is 43.9. The Kier molecular flexibility index (Phi) is 5.02. The van der Waals surface area contributed by atoms with Crippen LogP contribution in [0.3, 0.4) is 0 Å². The Morgan fingerprint density at radius 2 is 1.76 bits per heavy atom. The molecule has 0 bridgehead atoms. The van der Waals surface area contributed by atoms with Crippen LogP contribution in [0.4, 0.5) is 5.69 Å². The first-order valence-corrected chi connectivity index (χ1v) is 9.64. The highest BCUT2D eigenvalue weighted by atomic mass is 16.2. The van der Waals surface area contributed by atoms with Crippen molar-refractivity contribution in [2.75, 3.05) is 18.4 Å². The van der Waals surface area contributed by atoms with E-state index in [2.05, 4.69) is 15.2 Å². The fourth-order valence-corrected chi connectivity index (χ4v) is 3.73. The van der Waals surface area contributed by atoms with Crippen molar-refractivity contribution in [3.8, 4) is 0 Å². The summed E-state index contributed by atoms with van der Waals surface area (Å²) in [6.07, 6.45) is 2.40. The maximum Gasteiger partial charge on any atom is 0.332 e. The third-order valence-corrected chi connectivity index (χ3v) is 5.39. The largest absolute Gasteiger partial charge is 0.332 e. The molecule has 1 aliphatic heterocycles. The lowest BCUT2D eigenvalue weighted by Gasteiger charge is -2.17. The monoisotopic (exact) mass is 393 g/mol. The van der Waals surface area contributed by atoms with Crippen LogP contribution in [0.2, 0.25) is 0 Å². The number of fused-ring (bicyclic) bond motifs is 1. The van der Waals surface area contributed by atoms with Crippen LogP contribution in [0.15, 0.2) is 46.0 Å². The minimum atomic E-state index is -0.483. The van der Waals surface area contributed by atoms with E-state index in [9.17, 15) is 14.4 Å². The summed E-state index contributed by atoms with van der Waals surface area (Å²) < 4.78 is 2.30. The van der Waals surface area contributed by atoms with Gasteiger partial charge < -0.3 is 5.32 Å². The van der Waals surface area contributed by atoms with Crippen LogP contribution in [0.5, 0.6) is 0 Å². The van der Waals surface area contributed by atoms with E-state index in [1.807, 2.05) is 24.3 Å². The van der Waals surface area contributed by atoms with Gasteiger partial charge in [0.25, 0.3) is 11.5 Å². The van der Waals surface area contributed by atoms with Crippen molar-refractivity contribution in [2.45, 2.75) is 19.4 Å². The SMILES string of the molecule is Cn1c(=O)c2ccc(C(=O)Nc3ccccc3CN3CCCC3)nc2n(C)c1=O. The number of hydrogen-bond donors (Lipinski definition) is 1. The van der Waals surface area contributed by atoms with Crippen molar-refractivity contribution >= 4 is 22.6 Å². The number of amides is 1. The molecule has 1 fully saturated rings. The molecule has 1 N–H and O–H groups in total. The van der Waals surface area contributed by atoms with Crippen LogP contribution >= 0.6 is 0 Å². The fourth-order valence-electron chi connectivity index (χ4n) is 3.73. The summed E-state index contributed by atoms with van der Waals surface area (Å²) in [6.45, 7) is 2.92. The number of likely N-dealkylation sites (tertiary alicyclic amines) is 1. The number of para-hydroxylation sites is 1. The Morgan fingerprint density at radius 3 is 2.52 bits per heavy atom. The van der Waals surface area contributed by atoms with Gasteiger partial charge in [-0.3, -0.25) is 23.6 Å². The first-order valence-electron chi connectivity index (χ1n) is 9.64. The van der Waals surface area contributed by atoms with E-state index in [0.717, 1.165) is 35.5 Å². The Balaban J connectivity index is 1.65. The summed E-state index contributed by atoms with van der Waals surface area (Å²) in [5, 5.41) is 3.22. The zero-order valence-electron chi connectivity index (χ0n) is 16.5. The van der Waals surface area contributed by atoms with Gasteiger partial charge >= 0.3 is 5.69 Å². The van der Waals surface area contributed by atoms with E-state index < -0.39 is 11.2 Å². The summed E-state index contributed by atoms with van der Waals surface area (Å²) in [7, 11) is 2.95. The summed E-state index contributed by atoms with van der Waals surface area (Å²) >= 11 is 0. The molecular weight excluding hydrogens is 370 g/mol. The average Bonchev–Trinajstić information content (AvgIpc) is 3.24. The second kappa shape index (κ2) is 7.63. The molecule has 1 aromatic carbocycles. The maximum absolute atomic E-state index is 12.8. The van der Waals surface area contributed by atoms with Gasteiger partial charge in [-0.2, -0.15) is 0 Å². The first kappa shape index (κ1) is 19.1. The van der Waals surface area contributed by atoms with E-state index in [1.54, 1.807) is 0 Å². The summed E-state index contributed by atoms with van der Waals surface area (Å²) in [6, 6.07) is 10.8. The van der Waals surface area contributed by atoms with Gasteiger partial charge in [-0.25, -0.2) is 9.78 Å². The van der Waals surface area contributed by atoms with Crippen LogP contribution in [-0.4, -0.2) is 38.0 Å². The molecule has 0 radical (unpaired) electrons. The quantitative estimate of drug-likeness (QED) is 0.725. The number of hydrogen-bond acceptors (Lipinski definition) is 5. The predicted molar refractivity (Wildman–Crippen MR) is 111 cm³/mol. The number of aromatic nitrogens is 3. The summed E-state index contributed by atoms with van der Waals surface area (Å²) in [5.41, 5.74) is 1.21. The van der Waals surface area contributed by atoms with E-state index in [-0.39, 0.29) is 17.2 Å². The van der Waals surface area contributed by atoms with E-state index in [0.29, 0.717) is 5.39 Å². The van der Waals surface area contributed by atoms with Gasteiger partial charge in [0.2, 0.25) is 0 Å². The lowest BCUT2D eigenvalue weighted by atomic mass is 10.1. The Labute approximate surface area is 167 Å². The van der Waals surface area contributed by atoms with Crippen molar-refractivity contribution in [1.29, 1.82) is 0 Å². The van der Waals surface area contributed by atoms with E-state index in [4.69, 9.17) is 0 Å². The molecule has 4 rings (SSSR count). The minimum Gasteiger partial charge on any atom is -0.320 e. The molecule has 29 heavy (non-hydrogen) atoms. The van der Waals surface area contributed by atoms with E-state index in [1.165, 1.54) is 43.6 Å². The third kappa shape index (κ3) is 3.58. The number of rotatable bonds is 4. The van der Waals surface area contributed by atoms with Gasteiger partial charge in [-0.15, -0.1) is 0 Å². The maximum atomic E-state index is 12.8. The highest BCUT2D eigenvalue weighted by Gasteiger charge is 2.17. The molecule has 3 heterocycles. The lowest BCUT2D eigenvalue weighted by Crippen LogP contribution is -2.37. The Hall–Kier alpha value is -3.26. The minimum absolute atomic E-state index is 0.150. The molecule has 1 aliphatic rings. The van der Waals surface area contributed by atoms with Crippen LogP contribution < -0.4 is 16.6 Å². The molecule has 3 aromatic rings. The number of benzene rings is 1. The normalized spacial score (nSPS) is 14.4. The van der Waals surface area contributed by atoms with Gasteiger partial charge in [-0.1, -0.05) is 18.2 Å².